The number of carbonyl (C=O) groups is 2. The summed E-state index contributed by atoms with van der Waals surface area (Å²) in [7, 11) is 1.59. The van der Waals surface area contributed by atoms with Gasteiger partial charge in [0, 0.05) is 49.8 Å². The third kappa shape index (κ3) is 7.29. The smallest absolute Gasteiger partial charge is 0.258 e. The van der Waals surface area contributed by atoms with Gasteiger partial charge in [0.15, 0.2) is 0 Å². The van der Waals surface area contributed by atoms with Gasteiger partial charge in [-0.05, 0) is 73.5 Å². The van der Waals surface area contributed by atoms with Crippen LogP contribution in [0.1, 0.15) is 22.3 Å². The largest absolute Gasteiger partial charge is 0.497 e. The summed E-state index contributed by atoms with van der Waals surface area (Å²) in [5, 5.41) is 0. The average Bonchev–Trinajstić information content (AvgIpc) is 2.93. The Morgan fingerprint density at radius 3 is 2.22 bits per heavy atom. The number of para-hydroxylation sites is 1. The Bertz CT molecular complexity index is 1090. The first-order valence-corrected chi connectivity index (χ1v) is 12.0. The molecule has 0 bridgehead atoms. The predicted molar refractivity (Wildman–Crippen MR) is 144 cm³/mol. The number of rotatable bonds is 9. The number of carbonyl (C=O) groups excluding carboxylic acids is 2. The minimum atomic E-state index is -0.207. The highest BCUT2D eigenvalue weighted by Crippen LogP contribution is 2.19. The van der Waals surface area contributed by atoms with Crippen LogP contribution in [0.4, 0.5) is 5.69 Å². The predicted octanol–water partition coefficient (Wildman–Crippen LogP) is 3.94. The number of anilines is 1. The third-order valence-electron chi connectivity index (χ3n) is 6.36. The number of benzene rings is 2. The standard InChI is InChI=1S/C28H32N4O3.ClH/c1-35-26-11-9-24(10-12-26)28(34)32(25-7-3-2-4-8-25)22-27(33)31-20-18-30(19-21-31)17-5-6-23-13-15-29-16-14-23;/h2-4,7-16H,5-6,17-22H2,1H3;1H. The van der Waals surface area contributed by atoms with Gasteiger partial charge in [-0.3, -0.25) is 24.4 Å². The lowest BCUT2D eigenvalue weighted by atomic mass is 10.1. The molecule has 3 aromatic rings. The monoisotopic (exact) mass is 508 g/mol. The van der Waals surface area contributed by atoms with Crippen molar-refractivity contribution in [2.24, 2.45) is 0 Å². The van der Waals surface area contributed by atoms with E-state index >= 15 is 0 Å². The molecule has 1 fully saturated rings. The highest BCUT2D eigenvalue weighted by atomic mass is 35.5. The molecular formula is C28H33ClN4O3. The number of aromatic nitrogens is 1. The summed E-state index contributed by atoms with van der Waals surface area (Å²) in [5.41, 5.74) is 2.52. The fraction of sp³-hybridized carbons (Fsp3) is 0.321. The lowest BCUT2D eigenvalue weighted by Gasteiger charge is -2.36. The number of hydrogen-bond acceptors (Lipinski definition) is 5. The first-order valence-electron chi connectivity index (χ1n) is 12.0. The highest BCUT2D eigenvalue weighted by Gasteiger charge is 2.26. The van der Waals surface area contributed by atoms with Crippen molar-refractivity contribution >= 4 is 29.9 Å². The van der Waals surface area contributed by atoms with Gasteiger partial charge in [-0.2, -0.15) is 0 Å². The molecule has 2 amide bonds. The molecule has 0 N–H and O–H groups in total. The maximum Gasteiger partial charge on any atom is 0.258 e. The van der Waals surface area contributed by atoms with Crippen molar-refractivity contribution in [3.8, 4) is 5.75 Å². The Morgan fingerprint density at radius 1 is 0.917 bits per heavy atom. The van der Waals surface area contributed by atoms with Gasteiger partial charge in [0.05, 0.1) is 7.11 Å². The molecule has 0 saturated carbocycles. The second-order valence-corrected chi connectivity index (χ2v) is 8.64. The van der Waals surface area contributed by atoms with Gasteiger partial charge < -0.3 is 9.64 Å². The number of methoxy groups -OCH3 is 1. The molecule has 0 radical (unpaired) electrons. The summed E-state index contributed by atoms with van der Waals surface area (Å²) in [6.45, 7) is 4.06. The molecular weight excluding hydrogens is 476 g/mol. The van der Waals surface area contributed by atoms with Crippen LogP contribution in [0.3, 0.4) is 0 Å². The molecule has 4 rings (SSSR count). The second kappa shape index (κ2) is 13.6. The number of amides is 2. The first kappa shape index (κ1) is 27.2. The molecule has 7 nitrogen and oxygen atoms in total. The quantitative estimate of drug-likeness (QED) is 0.438. The maximum absolute atomic E-state index is 13.4. The minimum Gasteiger partial charge on any atom is -0.497 e. The van der Waals surface area contributed by atoms with Crippen LogP contribution < -0.4 is 9.64 Å². The summed E-state index contributed by atoms with van der Waals surface area (Å²) in [4.78, 5) is 36.5. The zero-order chi connectivity index (χ0) is 24.5. The normalized spacial score (nSPS) is 13.5. The summed E-state index contributed by atoms with van der Waals surface area (Å²) in [5.74, 6) is 0.441. The molecule has 0 unspecified atom stereocenters. The fourth-order valence-corrected chi connectivity index (χ4v) is 4.29. The molecule has 1 aromatic heterocycles. The number of ether oxygens (including phenoxy) is 1. The van der Waals surface area contributed by atoms with Gasteiger partial charge in [-0.1, -0.05) is 18.2 Å². The Hall–Kier alpha value is -3.42. The molecule has 0 atom stereocenters. The molecule has 36 heavy (non-hydrogen) atoms. The van der Waals surface area contributed by atoms with Crippen LogP contribution in [0.25, 0.3) is 0 Å². The highest BCUT2D eigenvalue weighted by molar-refractivity contribution is 6.08. The number of hydrogen-bond donors (Lipinski definition) is 0. The van der Waals surface area contributed by atoms with Crippen LogP contribution in [0.15, 0.2) is 79.1 Å². The Morgan fingerprint density at radius 2 is 1.58 bits per heavy atom. The summed E-state index contributed by atoms with van der Waals surface area (Å²) in [6, 6.07) is 20.4. The van der Waals surface area contributed by atoms with Crippen LogP contribution >= 0.6 is 12.4 Å². The summed E-state index contributed by atoms with van der Waals surface area (Å²) >= 11 is 0. The van der Waals surface area contributed by atoms with E-state index in [1.165, 1.54) is 5.56 Å². The summed E-state index contributed by atoms with van der Waals surface area (Å²) in [6.07, 6.45) is 5.77. The third-order valence-corrected chi connectivity index (χ3v) is 6.36. The van der Waals surface area contributed by atoms with Crippen LogP contribution in [0.2, 0.25) is 0 Å². The van der Waals surface area contributed by atoms with E-state index in [2.05, 4.69) is 22.0 Å². The number of pyridine rings is 1. The van der Waals surface area contributed by atoms with Gasteiger partial charge in [0.2, 0.25) is 5.91 Å². The molecule has 2 heterocycles. The SMILES string of the molecule is COc1ccc(C(=O)N(CC(=O)N2CCN(CCCc3ccncc3)CC2)c2ccccc2)cc1.Cl. The van der Waals surface area contributed by atoms with E-state index in [0.717, 1.165) is 32.5 Å². The molecule has 0 aliphatic carbocycles. The Kier molecular flexibility index (Phi) is 10.3. The minimum absolute atomic E-state index is 0. The number of aryl methyl sites for hydroxylation is 1. The molecule has 1 aliphatic rings. The second-order valence-electron chi connectivity index (χ2n) is 8.64. The molecule has 0 spiro atoms. The van der Waals surface area contributed by atoms with Crippen LogP contribution in [0.5, 0.6) is 5.75 Å². The van der Waals surface area contributed by atoms with Gasteiger partial charge in [0.25, 0.3) is 5.91 Å². The number of nitrogens with zero attached hydrogens (tertiary/aromatic N) is 4. The first-order chi connectivity index (χ1) is 17.1. The number of piperazine rings is 1. The van der Waals surface area contributed by atoms with Crippen molar-refractivity contribution in [1.82, 2.24) is 14.8 Å². The maximum atomic E-state index is 13.4. The van der Waals surface area contributed by atoms with E-state index in [-0.39, 0.29) is 30.8 Å². The Labute approximate surface area is 219 Å². The van der Waals surface area contributed by atoms with Crippen molar-refractivity contribution in [1.29, 1.82) is 0 Å². The number of halogens is 1. The lowest BCUT2D eigenvalue weighted by molar-refractivity contribution is -0.131. The Balaban J connectivity index is 0.00000361. The van der Waals surface area contributed by atoms with Crippen LogP contribution in [0, 0.1) is 0 Å². The molecule has 1 aliphatic heterocycles. The van der Waals surface area contributed by atoms with E-state index in [1.54, 1.807) is 36.3 Å². The molecule has 190 valence electrons. The van der Waals surface area contributed by atoms with Crippen molar-refractivity contribution in [3.05, 3.63) is 90.3 Å². The topological polar surface area (TPSA) is 66.0 Å². The van der Waals surface area contributed by atoms with E-state index in [4.69, 9.17) is 4.74 Å². The van der Waals surface area contributed by atoms with E-state index in [1.807, 2.05) is 47.6 Å². The van der Waals surface area contributed by atoms with Crippen molar-refractivity contribution in [3.63, 3.8) is 0 Å². The summed E-state index contributed by atoms with van der Waals surface area (Å²) < 4.78 is 5.20. The fourth-order valence-electron chi connectivity index (χ4n) is 4.29. The van der Waals surface area contributed by atoms with E-state index < -0.39 is 0 Å². The molecule has 8 heteroatoms. The molecule has 1 saturated heterocycles. The van der Waals surface area contributed by atoms with Gasteiger partial charge in [-0.25, -0.2) is 0 Å². The lowest BCUT2D eigenvalue weighted by Crippen LogP contribution is -2.52. The van der Waals surface area contributed by atoms with Crippen LogP contribution in [-0.4, -0.2) is 73.0 Å². The molecule has 2 aromatic carbocycles. The zero-order valence-corrected chi connectivity index (χ0v) is 21.4. The van der Waals surface area contributed by atoms with Crippen molar-refractivity contribution < 1.29 is 14.3 Å². The van der Waals surface area contributed by atoms with Crippen LogP contribution in [-0.2, 0) is 11.2 Å². The van der Waals surface area contributed by atoms with Gasteiger partial charge in [-0.15, -0.1) is 12.4 Å². The van der Waals surface area contributed by atoms with Gasteiger partial charge >= 0.3 is 0 Å². The van der Waals surface area contributed by atoms with E-state index in [9.17, 15) is 9.59 Å². The van der Waals surface area contributed by atoms with Gasteiger partial charge in [0.1, 0.15) is 12.3 Å². The van der Waals surface area contributed by atoms with Crippen molar-refractivity contribution in [2.45, 2.75) is 12.8 Å². The average molecular weight is 509 g/mol. The zero-order valence-electron chi connectivity index (χ0n) is 20.6. The van der Waals surface area contributed by atoms with E-state index in [0.29, 0.717) is 30.1 Å². The van der Waals surface area contributed by atoms with Crippen molar-refractivity contribution in [2.75, 3.05) is 51.3 Å².